The molecule has 1 N–H and O–H groups in total. The number of amides is 1. The lowest BCUT2D eigenvalue weighted by atomic mass is 9.81. The Morgan fingerprint density at radius 2 is 2.13 bits per heavy atom. The molecular formula is C10H15NO3S. The highest BCUT2D eigenvalue weighted by atomic mass is 32.2. The second-order valence-corrected chi connectivity index (χ2v) is 5.77. The van der Waals surface area contributed by atoms with Gasteiger partial charge in [-0.15, -0.1) is 0 Å². The molecule has 2 aliphatic rings. The van der Waals surface area contributed by atoms with E-state index in [1.165, 1.54) is 0 Å². The number of rotatable bonds is 2. The lowest BCUT2D eigenvalue weighted by molar-refractivity contribution is -0.165. The van der Waals surface area contributed by atoms with Crippen LogP contribution in [0.15, 0.2) is 0 Å². The van der Waals surface area contributed by atoms with Crippen molar-refractivity contribution < 1.29 is 14.7 Å². The van der Waals surface area contributed by atoms with Crippen LogP contribution in [0.5, 0.6) is 0 Å². The maximum atomic E-state index is 11.9. The average Bonchev–Trinajstić information content (AvgIpc) is 2.64. The van der Waals surface area contributed by atoms with Crippen molar-refractivity contribution in [2.45, 2.75) is 13.3 Å². The van der Waals surface area contributed by atoms with Crippen molar-refractivity contribution in [2.75, 3.05) is 24.6 Å². The van der Waals surface area contributed by atoms with Crippen LogP contribution in [0.25, 0.3) is 0 Å². The first-order chi connectivity index (χ1) is 7.03. The largest absolute Gasteiger partial charge is 0.481 e. The van der Waals surface area contributed by atoms with Crippen LogP contribution in [-0.2, 0) is 9.59 Å². The van der Waals surface area contributed by atoms with E-state index < -0.39 is 11.4 Å². The SMILES string of the molecule is CC1(C(=O)O)CN(C(=O)C2CCSC2)C1. The molecule has 0 radical (unpaired) electrons. The third kappa shape index (κ3) is 1.85. The van der Waals surface area contributed by atoms with Gasteiger partial charge in [0.25, 0.3) is 0 Å². The summed E-state index contributed by atoms with van der Waals surface area (Å²) in [5.41, 5.74) is -0.707. The maximum Gasteiger partial charge on any atom is 0.312 e. The van der Waals surface area contributed by atoms with Crippen molar-refractivity contribution in [3.8, 4) is 0 Å². The predicted octanol–water partition coefficient (Wildman–Crippen LogP) is 0.673. The molecule has 4 nitrogen and oxygen atoms in total. The highest BCUT2D eigenvalue weighted by Crippen LogP contribution is 2.33. The Morgan fingerprint density at radius 3 is 2.60 bits per heavy atom. The van der Waals surface area contributed by atoms with Gasteiger partial charge in [-0.1, -0.05) is 0 Å². The summed E-state index contributed by atoms with van der Waals surface area (Å²) in [7, 11) is 0. The molecule has 0 aromatic rings. The Balaban J connectivity index is 1.88. The molecule has 2 fully saturated rings. The van der Waals surface area contributed by atoms with Crippen LogP contribution < -0.4 is 0 Å². The van der Waals surface area contributed by atoms with Crippen molar-refractivity contribution >= 4 is 23.6 Å². The molecule has 0 aromatic heterocycles. The normalized spacial score (nSPS) is 28.6. The molecule has 5 heteroatoms. The van der Waals surface area contributed by atoms with Crippen LogP contribution in [0, 0.1) is 11.3 Å². The van der Waals surface area contributed by atoms with E-state index in [4.69, 9.17) is 5.11 Å². The summed E-state index contributed by atoms with van der Waals surface area (Å²) in [6.45, 7) is 2.45. The van der Waals surface area contributed by atoms with E-state index in [1.807, 2.05) is 0 Å². The maximum absolute atomic E-state index is 11.9. The van der Waals surface area contributed by atoms with E-state index in [1.54, 1.807) is 23.6 Å². The minimum atomic E-state index is -0.799. The van der Waals surface area contributed by atoms with Crippen molar-refractivity contribution in [3.05, 3.63) is 0 Å². The van der Waals surface area contributed by atoms with Crippen LogP contribution in [0.4, 0.5) is 0 Å². The highest BCUT2D eigenvalue weighted by molar-refractivity contribution is 7.99. The van der Waals surface area contributed by atoms with E-state index in [0.29, 0.717) is 13.1 Å². The molecule has 1 amide bonds. The first-order valence-electron chi connectivity index (χ1n) is 5.13. The summed E-state index contributed by atoms with van der Waals surface area (Å²) in [5.74, 6) is 1.44. The summed E-state index contributed by atoms with van der Waals surface area (Å²) in [6, 6.07) is 0. The van der Waals surface area contributed by atoms with Gasteiger partial charge in [0.05, 0.1) is 5.41 Å². The van der Waals surface area contributed by atoms with Gasteiger partial charge in [-0.2, -0.15) is 11.8 Å². The lowest BCUT2D eigenvalue weighted by Gasteiger charge is -2.45. The fourth-order valence-corrected chi connectivity index (χ4v) is 3.29. The molecule has 15 heavy (non-hydrogen) atoms. The summed E-state index contributed by atoms with van der Waals surface area (Å²) >= 11 is 1.80. The number of hydrogen-bond acceptors (Lipinski definition) is 3. The number of hydrogen-bond donors (Lipinski definition) is 1. The van der Waals surface area contributed by atoms with E-state index in [0.717, 1.165) is 17.9 Å². The number of carboxylic acid groups (broad SMARTS) is 1. The second kappa shape index (κ2) is 3.70. The van der Waals surface area contributed by atoms with Gasteiger partial charge >= 0.3 is 5.97 Å². The molecule has 0 bridgehead atoms. The van der Waals surface area contributed by atoms with E-state index in [-0.39, 0.29) is 11.8 Å². The zero-order valence-corrected chi connectivity index (χ0v) is 9.55. The lowest BCUT2D eigenvalue weighted by Crippen LogP contribution is -2.61. The molecule has 1 atom stereocenters. The van der Waals surface area contributed by atoms with Crippen molar-refractivity contribution in [2.24, 2.45) is 11.3 Å². The van der Waals surface area contributed by atoms with Gasteiger partial charge in [0.1, 0.15) is 0 Å². The third-order valence-electron chi connectivity index (χ3n) is 3.19. The van der Waals surface area contributed by atoms with E-state index in [2.05, 4.69) is 0 Å². The van der Waals surface area contributed by atoms with Gasteiger partial charge in [0.2, 0.25) is 5.91 Å². The molecule has 0 spiro atoms. The number of nitrogens with zero attached hydrogens (tertiary/aromatic N) is 1. The number of carboxylic acids is 1. The Morgan fingerprint density at radius 1 is 1.47 bits per heavy atom. The Hall–Kier alpha value is -0.710. The average molecular weight is 229 g/mol. The number of carbonyl (C=O) groups excluding carboxylic acids is 1. The van der Waals surface area contributed by atoms with Gasteiger partial charge in [0.15, 0.2) is 0 Å². The van der Waals surface area contributed by atoms with Gasteiger partial charge in [-0.05, 0) is 19.1 Å². The van der Waals surface area contributed by atoms with Crippen LogP contribution in [0.2, 0.25) is 0 Å². The first-order valence-corrected chi connectivity index (χ1v) is 6.28. The number of thioether (sulfide) groups is 1. The molecule has 2 rings (SSSR count). The Labute approximate surface area is 93.0 Å². The van der Waals surface area contributed by atoms with Crippen molar-refractivity contribution in [3.63, 3.8) is 0 Å². The van der Waals surface area contributed by atoms with Crippen LogP contribution in [0.3, 0.4) is 0 Å². The standard InChI is InChI=1S/C10H15NO3S/c1-10(9(13)14)5-11(6-10)8(12)7-2-3-15-4-7/h7H,2-6H2,1H3,(H,13,14). The van der Waals surface area contributed by atoms with E-state index in [9.17, 15) is 9.59 Å². The fourth-order valence-electron chi connectivity index (χ4n) is 2.07. The number of aliphatic carboxylic acids is 1. The molecule has 0 aliphatic carbocycles. The highest BCUT2D eigenvalue weighted by Gasteiger charge is 2.48. The van der Waals surface area contributed by atoms with Crippen molar-refractivity contribution in [1.29, 1.82) is 0 Å². The molecule has 0 aromatic carbocycles. The molecular weight excluding hydrogens is 214 g/mol. The molecule has 84 valence electrons. The zero-order chi connectivity index (χ0) is 11.1. The van der Waals surface area contributed by atoms with Gasteiger partial charge in [-0.25, -0.2) is 0 Å². The summed E-state index contributed by atoms with van der Waals surface area (Å²) in [4.78, 5) is 24.4. The monoisotopic (exact) mass is 229 g/mol. The summed E-state index contributed by atoms with van der Waals surface area (Å²) in [5, 5.41) is 8.92. The third-order valence-corrected chi connectivity index (χ3v) is 4.35. The van der Waals surface area contributed by atoms with Crippen LogP contribution in [-0.4, -0.2) is 46.5 Å². The number of carbonyl (C=O) groups is 2. The van der Waals surface area contributed by atoms with Crippen LogP contribution in [0.1, 0.15) is 13.3 Å². The molecule has 2 saturated heterocycles. The molecule has 0 saturated carbocycles. The first kappa shape index (κ1) is 10.8. The minimum absolute atomic E-state index is 0.133. The van der Waals surface area contributed by atoms with Gasteiger partial charge in [-0.3, -0.25) is 9.59 Å². The number of likely N-dealkylation sites (tertiary alicyclic amines) is 1. The summed E-state index contributed by atoms with van der Waals surface area (Å²) < 4.78 is 0. The smallest absolute Gasteiger partial charge is 0.312 e. The quantitative estimate of drug-likeness (QED) is 0.756. The van der Waals surface area contributed by atoms with Gasteiger partial charge in [0, 0.05) is 24.8 Å². The Bertz CT molecular complexity index is 293. The van der Waals surface area contributed by atoms with E-state index >= 15 is 0 Å². The molecule has 1 unspecified atom stereocenters. The van der Waals surface area contributed by atoms with Gasteiger partial charge < -0.3 is 10.0 Å². The minimum Gasteiger partial charge on any atom is -0.481 e. The summed E-state index contributed by atoms with van der Waals surface area (Å²) in [6.07, 6.45) is 0.948. The second-order valence-electron chi connectivity index (χ2n) is 4.62. The predicted molar refractivity (Wildman–Crippen MR) is 57.8 cm³/mol. The Kier molecular flexibility index (Phi) is 2.66. The zero-order valence-electron chi connectivity index (χ0n) is 8.73. The van der Waals surface area contributed by atoms with Crippen LogP contribution >= 0.6 is 11.8 Å². The molecule has 2 heterocycles. The van der Waals surface area contributed by atoms with Crippen molar-refractivity contribution in [1.82, 2.24) is 4.90 Å². The molecule has 2 aliphatic heterocycles. The fraction of sp³-hybridized carbons (Fsp3) is 0.800. The topological polar surface area (TPSA) is 57.6 Å².